The monoisotopic (exact) mass is 301 g/mol. The quantitative estimate of drug-likeness (QED) is 0.906. The molecule has 1 aliphatic heterocycles. The molecule has 6 heteroatoms. The highest BCUT2D eigenvalue weighted by Crippen LogP contribution is 2.15. The van der Waals surface area contributed by atoms with Gasteiger partial charge in [-0.1, -0.05) is 0 Å². The largest absolute Gasteiger partial charge is 0.497 e. The minimum absolute atomic E-state index is 0.0907. The van der Waals surface area contributed by atoms with E-state index in [0.717, 1.165) is 24.3 Å². The summed E-state index contributed by atoms with van der Waals surface area (Å²) in [5.41, 5.74) is 2.98. The van der Waals surface area contributed by atoms with E-state index in [2.05, 4.69) is 10.4 Å². The second-order valence-electron chi connectivity index (χ2n) is 5.13. The van der Waals surface area contributed by atoms with Crippen LogP contribution in [0.3, 0.4) is 0 Å². The van der Waals surface area contributed by atoms with Crippen molar-refractivity contribution in [1.29, 1.82) is 0 Å². The van der Waals surface area contributed by atoms with Gasteiger partial charge in [-0.25, -0.2) is 0 Å². The third-order valence-corrected chi connectivity index (χ3v) is 3.74. The Morgan fingerprint density at radius 2 is 2.23 bits per heavy atom. The van der Waals surface area contributed by atoms with Crippen molar-refractivity contribution in [2.75, 3.05) is 20.3 Å². The first-order valence-corrected chi connectivity index (χ1v) is 7.31. The number of aromatic nitrogens is 2. The highest BCUT2D eigenvalue weighted by molar-refractivity contribution is 5.94. The molecule has 22 heavy (non-hydrogen) atoms. The molecule has 0 bridgehead atoms. The van der Waals surface area contributed by atoms with Crippen molar-refractivity contribution >= 4 is 5.91 Å². The predicted octanol–water partition coefficient (Wildman–Crippen LogP) is 1.39. The zero-order valence-corrected chi connectivity index (χ0v) is 12.5. The van der Waals surface area contributed by atoms with Gasteiger partial charge in [-0.05, 0) is 24.3 Å². The smallest absolute Gasteiger partial charge is 0.251 e. The molecule has 0 aliphatic carbocycles. The van der Waals surface area contributed by atoms with Crippen molar-refractivity contribution in [3.05, 3.63) is 47.3 Å². The van der Waals surface area contributed by atoms with Gasteiger partial charge >= 0.3 is 0 Å². The first-order valence-electron chi connectivity index (χ1n) is 7.31. The summed E-state index contributed by atoms with van der Waals surface area (Å²) in [4.78, 5) is 12.1. The Balaban J connectivity index is 1.54. The zero-order chi connectivity index (χ0) is 15.4. The maximum atomic E-state index is 12.1. The summed E-state index contributed by atoms with van der Waals surface area (Å²) < 4.78 is 12.4. The first-order chi connectivity index (χ1) is 10.8. The number of ether oxygens (including phenoxy) is 2. The van der Waals surface area contributed by atoms with E-state index < -0.39 is 0 Å². The Morgan fingerprint density at radius 3 is 3.00 bits per heavy atom. The highest BCUT2D eigenvalue weighted by atomic mass is 16.5. The molecule has 0 saturated carbocycles. The van der Waals surface area contributed by atoms with Crippen LogP contribution in [0.15, 0.2) is 30.5 Å². The van der Waals surface area contributed by atoms with Gasteiger partial charge in [-0.3, -0.25) is 9.48 Å². The number of nitrogens with zero attached hydrogens (tertiary/aromatic N) is 2. The number of benzene rings is 1. The average molecular weight is 301 g/mol. The number of fused-ring (bicyclic) bond motifs is 1. The van der Waals surface area contributed by atoms with Crippen LogP contribution in [0.5, 0.6) is 5.75 Å². The third kappa shape index (κ3) is 3.12. The lowest BCUT2D eigenvalue weighted by Gasteiger charge is -2.14. The Hall–Kier alpha value is -2.34. The van der Waals surface area contributed by atoms with E-state index in [1.165, 1.54) is 5.69 Å². The average Bonchev–Trinajstić information content (AvgIpc) is 2.98. The molecule has 3 rings (SSSR count). The molecule has 0 radical (unpaired) electrons. The van der Waals surface area contributed by atoms with Crippen molar-refractivity contribution in [1.82, 2.24) is 15.1 Å². The second-order valence-corrected chi connectivity index (χ2v) is 5.13. The number of nitrogens with one attached hydrogen (secondary N) is 1. The Labute approximate surface area is 129 Å². The molecule has 1 aromatic heterocycles. The molecule has 0 unspecified atom stereocenters. The van der Waals surface area contributed by atoms with Crippen LogP contribution in [0, 0.1) is 0 Å². The van der Waals surface area contributed by atoms with Crippen LogP contribution in [0.2, 0.25) is 0 Å². The van der Waals surface area contributed by atoms with Crippen molar-refractivity contribution in [3.8, 4) is 5.75 Å². The summed E-state index contributed by atoms with van der Waals surface area (Å²) in [5, 5.41) is 7.27. The van der Waals surface area contributed by atoms with Gasteiger partial charge in [0.05, 0.1) is 33.1 Å². The van der Waals surface area contributed by atoms with Gasteiger partial charge in [0.25, 0.3) is 5.91 Å². The Kier molecular flexibility index (Phi) is 4.39. The van der Waals surface area contributed by atoms with Gasteiger partial charge in [0.1, 0.15) is 5.75 Å². The van der Waals surface area contributed by atoms with Gasteiger partial charge in [0.2, 0.25) is 0 Å². The second kappa shape index (κ2) is 6.62. The van der Waals surface area contributed by atoms with Crippen LogP contribution >= 0.6 is 0 Å². The Morgan fingerprint density at radius 1 is 1.41 bits per heavy atom. The van der Waals surface area contributed by atoms with Crippen molar-refractivity contribution in [3.63, 3.8) is 0 Å². The van der Waals surface area contributed by atoms with E-state index in [9.17, 15) is 4.79 Å². The molecule has 2 heterocycles. The van der Waals surface area contributed by atoms with Crippen LogP contribution in [-0.2, 0) is 24.3 Å². The SMILES string of the molecule is COc1ccc(C(=O)NCCn2ncc3c2CCOC3)cc1. The van der Waals surface area contributed by atoms with E-state index in [-0.39, 0.29) is 5.91 Å². The molecule has 116 valence electrons. The standard InChI is InChI=1S/C16H19N3O3/c1-21-14-4-2-12(3-5-14)16(20)17-7-8-19-15-6-9-22-11-13(15)10-18-19/h2-5,10H,6-9,11H2,1H3,(H,17,20). The number of carbonyl (C=O) groups excluding carboxylic acids is 1. The highest BCUT2D eigenvalue weighted by Gasteiger charge is 2.15. The predicted molar refractivity (Wildman–Crippen MR) is 80.9 cm³/mol. The van der Waals surface area contributed by atoms with Crippen LogP contribution in [0.4, 0.5) is 0 Å². The van der Waals surface area contributed by atoms with Crippen molar-refractivity contribution in [2.24, 2.45) is 0 Å². The number of carbonyl (C=O) groups is 1. The molecule has 0 atom stereocenters. The molecule has 1 amide bonds. The molecule has 0 spiro atoms. The van der Waals surface area contributed by atoms with E-state index >= 15 is 0 Å². The molecule has 0 fully saturated rings. The lowest BCUT2D eigenvalue weighted by molar-refractivity contribution is 0.0950. The maximum absolute atomic E-state index is 12.1. The summed E-state index contributed by atoms with van der Waals surface area (Å²) in [5.74, 6) is 0.647. The fourth-order valence-corrected chi connectivity index (χ4v) is 2.52. The van der Waals surface area contributed by atoms with Gasteiger partial charge < -0.3 is 14.8 Å². The molecule has 6 nitrogen and oxygen atoms in total. The van der Waals surface area contributed by atoms with Gasteiger partial charge in [-0.15, -0.1) is 0 Å². The number of methoxy groups -OCH3 is 1. The lowest BCUT2D eigenvalue weighted by atomic mass is 10.2. The van der Waals surface area contributed by atoms with Gasteiger partial charge in [0.15, 0.2) is 0 Å². The normalized spacial score (nSPS) is 13.5. The molecular formula is C16H19N3O3. The van der Waals surface area contributed by atoms with Crippen LogP contribution < -0.4 is 10.1 Å². The Bertz CT molecular complexity index is 649. The molecule has 1 aromatic carbocycles. The van der Waals surface area contributed by atoms with Crippen LogP contribution in [0.1, 0.15) is 21.6 Å². The van der Waals surface area contributed by atoms with E-state index in [1.54, 1.807) is 31.4 Å². The van der Waals surface area contributed by atoms with Crippen molar-refractivity contribution in [2.45, 2.75) is 19.6 Å². The molecule has 0 saturated heterocycles. The van der Waals surface area contributed by atoms with E-state index in [4.69, 9.17) is 9.47 Å². The molecule has 1 N–H and O–H groups in total. The lowest BCUT2D eigenvalue weighted by Crippen LogP contribution is -2.28. The minimum atomic E-state index is -0.0907. The molecule has 1 aliphatic rings. The molecular weight excluding hydrogens is 282 g/mol. The van der Waals surface area contributed by atoms with E-state index in [1.807, 2.05) is 10.9 Å². The van der Waals surface area contributed by atoms with E-state index in [0.29, 0.717) is 25.3 Å². The summed E-state index contributed by atoms with van der Waals surface area (Å²) >= 11 is 0. The summed E-state index contributed by atoms with van der Waals surface area (Å²) in [7, 11) is 1.60. The summed E-state index contributed by atoms with van der Waals surface area (Å²) in [6, 6.07) is 7.06. The first kappa shape index (κ1) is 14.6. The van der Waals surface area contributed by atoms with Crippen LogP contribution in [0.25, 0.3) is 0 Å². The summed E-state index contributed by atoms with van der Waals surface area (Å²) in [6.45, 7) is 2.57. The van der Waals surface area contributed by atoms with Gasteiger partial charge in [0, 0.05) is 29.8 Å². The third-order valence-electron chi connectivity index (χ3n) is 3.74. The number of hydrogen-bond acceptors (Lipinski definition) is 4. The van der Waals surface area contributed by atoms with Crippen LogP contribution in [-0.4, -0.2) is 35.9 Å². The fraction of sp³-hybridized carbons (Fsp3) is 0.375. The topological polar surface area (TPSA) is 65.4 Å². The van der Waals surface area contributed by atoms with Gasteiger partial charge in [-0.2, -0.15) is 5.10 Å². The number of rotatable bonds is 5. The number of hydrogen-bond donors (Lipinski definition) is 1. The minimum Gasteiger partial charge on any atom is -0.497 e. The zero-order valence-electron chi connectivity index (χ0n) is 12.5. The van der Waals surface area contributed by atoms with Crippen molar-refractivity contribution < 1.29 is 14.3 Å². The molecule has 2 aromatic rings. The summed E-state index contributed by atoms with van der Waals surface area (Å²) in [6.07, 6.45) is 2.72. The number of amides is 1. The fourth-order valence-electron chi connectivity index (χ4n) is 2.52. The maximum Gasteiger partial charge on any atom is 0.251 e.